The molecule has 0 atom stereocenters. The van der Waals surface area contributed by atoms with Gasteiger partial charge in [0.15, 0.2) is 0 Å². The number of ether oxygens (including phenoxy) is 1. The zero-order chi connectivity index (χ0) is 15.0. The summed E-state index contributed by atoms with van der Waals surface area (Å²) in [4.78, 5) is 12.2. The lowest BCUT2D eigenvalue weighted by Gasteiger charge is -2.03. The molecule has 5 heteroatoms. The Hall–Kier alpha value is -1.59. The number of nitrogens with one attached hydrogen (secondary N) is 1. The molecule has 1 heterocycles. The summed E-state index contributed by atoms with van der Waals surface area (Å²) >= 11 is 6.92. The van der Waals surface area contributed by atoms with Gasteiger partial charge < -0.3 is 10.1 Å². The number of carbonyl (C=O) groups excluding carboxylic acids is 1. The van der Waals surface area contributed by atoms with Crippen LogP contribution in [0.3, 0.4) is 0 Å². The van der Waals surface area contributed by atoms with Crippen molar-refractivity contribution in [3.8, 4) is 5.75 Å². The van der Waals surface area contributed by atoms with Crippen molar-refractivity contribution < 1.29 is 9.53 Å². The van der Waals surface area contributed by atoms with Gasteiger partial charge in [0.1, 0.15) is 5.75 Å². The van der Waals surface area contributed by atoms with Crippen molar-refractivity contribution in [2.24, 2.45) is 0 Å². The quantitative estimate of drug-likeness (QED) is 0.730. The number of benzene rings is 2. The third-order valence-corrected chi connectivity index (χ3v) is 4.32. The molecule has 0 bridgehead atoms. The van der Waals surface area contributed by atoms with Gasteiger partial charge in [0, 0.05) is 20.1 Å². The van der Waals surface area contributed by atoms with Crippen LogP contribution in [0.1, 0.15) is 11.1 Å². The Labute approximate surface area is 139 Å². The molecule has 21 heavy (non-hydrogen) atoms. The molecule has 3 rings (SSSR count). The Balaban J connectivity index is 2.11. The van der Waals surface area contributed by atoms with Crippen LogP contribution in [0.4, 0.5) is 5.69 Å². The number of carbonyl (C=O) groups is 1. The van der Waals surface area contributed by atoms with E-state index in [1.54, 1.807) is 7.11 Å². The van der Waals surface area contributed by atoms with E-state index in [9.17, 15) is 4.79 Å². The third kappa shape index (κ3) is 2.76. The maximum Gasteiger partial charge on any atom is 0.256 e. The molecule has 0 aromatic heterocycles. The van der Waals surface area contributed by atoms with Gasteiger partial charge in [-0.05, 0) is 51.8 Å². The van der Waals surface area contributed by atoms with Crippen LogP contribution in [0.15, 0.2) is 45.3 Å². The van der Waals surface area contributed by atoms with Crippen molar-refractivity contribution >= 4 is 55.1 Å². The number of methoxy groups -OCH3 is 1. The maximum atomic E-state index is 12.2. The molecule has 0 fully saturated rings. The van der Waals surface area contributed by atoms with Crippen LogP contribution in [0.5, 0.6) is 5.75 Å². The molecule has 0 saturated carbocycles. The monoisotopic (exact) mass is 407 g/mol. The normalized spacial score (nSPS) is 15.0. The van der Waals surface area contributed by atoms with Gasteiger partial charge in [-0.1, -0.05) is 28.1 Å². The average Bonchev–Trinajstić information content (AvgIpc) is 2.77. The molecule has 0 radical (unpaired) electrons. The van der Waals surface area contributed by atoms with E-state index in [1.807, 2.05) is 42.5 Å². The summed E-state index contributed by atoms with van der Waals surface area (Å²) in [6.07, 6.45) is 1.86. The van der Waals surface area contributed by atoms with E-state index in [0.717, 1.165) is 31.5 Å². The number of amides is 1. The highest BCUT2D eigenvalue weighted by Crippen LogP contribution is 2.40. The minimum Gasteiger partial charge on any atom is -0.497 e. The number of halogens is 2. The Morgan fingerprint density at radius 3 is 2.76 bits per heavy atom. The summed E-state index contributed by atoms with van der Waals surface area (Å²) in [6, 6.07) is 11.4. The fourth-order valence-corrected chi connectivity index (χ4v) is 3.58. The molecule has 0 saturated heterocycles. The molecule has 1 N–H and O–H groups in total. The van der Waals surface area contributed by atoms with Crippen LogP contribution >= 0.6 is 31.9 Å². The molecule has 106 valence electrons. The zero-order valence-corrected chi connectivity index (χ0v) is 14.3. The highest BCUT2D eigenvalue weighted by Gasteiger charge is 2.26. The number of rotatable bonds is 2. The van der Waals surface area contributed by atoms with E-state index in [4.69, 9.17) is 4.74 Å². The lowest BCUT2D eigenvalue weighted by Crippen LogP contribution is -2.03. The standard InChI is InChI=1S/C16H11Br2NO2/c1-21-11-4-2-3-9(5-11)6-13-12-7-10(17)8-14(18)15(12)19-16(13)20/h2-8H,1H3,(H,19,20). The minimum absolute atomic E-state index is 0.105. The number of hydrogen-bond acceptors (Lipinski definition) is 2. The van der Waals surface area contributed by atoms with Gasteiger partial charge in [-0.2, -0.15) is 0 Å². The first-order chi connectivity index (χ1) is 10.1. The van der Waals surface area contributed by atoms with Crippen LogP contribution in [-0.2, 0) is 4.79 Å². The maximum absolute atomic E-state index is 12.2. The van der Waals surface area contributed by atoms with Gasteiger partial charge >= 0.3 is 0 Å². The molecule has 1 amide bonds. The predicted molar refractivity (Wildman–Crippen MR) is 91.3 cm³/mol. The molecular weight excluding hydrogens is 398 g/mol. The smallest absolute Gasteiger partial charge is 0.256 e. The molecule has 2 aromatic carbocycles. The third-order valence-electron chi connectivity index (χ3n) is 3.23. The summed E-state index contributed by atoms with van der Waals surface area (Å²) in [7, 11) is 1.62. The van der Waals surface area contributed by atoms with E-state index in [2.05, 4.69) is 37.2 Å². The van der Waals surface area contributed by atoms with Crippen molar-refractivity contribution in [3.05, 3.63) is 56.5 Å². The highest BCUT2D eigenvalue weighted by molar-refractivity contribution is 9.11. The van der Waals surface area contributed by atoms with E-state index in [-0.39, 0.29) is 5.91 Å². The van der Waals surface area contributed by atoms with Gasteiger partial charge in [-0.3, -0.25) is 4.79 Å². The van der Waals surface area contributed by atoms with Crippen LogP contribution in [0.25, 0.3) is 11.6 Å². The fraction of sp³-hybridized carbons (Fsp3) is 0.0625. The topological polar surface area (TPSA) is 38.3 Å². The predicted octanol–water partition coefficient (Wildman–Crippen LogP) is 4.71. The second-order valence-corrected chi connectivity index (χ2v) is 6.37. The van der Waals surface area contributed by atoms with Crippen molar-refractivity contribution in [1.82, 2.24) is 0 Å². The SMILES string of the molecule is COc1cccc(C=C2C(=O)Nc3c(Br)cc(Br)cc32)c1. The first kappa shape index (κ1) is 14.4. The second-order valence-electron chi connectivity index (χ2n) is 4.60. The molecule has 1 aliphatic rings. The van der Waals surface area contributed by atoms with E-state index in [1.165, 1.54) is 0 Å². The summed E-state index contributed by atoms with van der Waals surface area (Å²) in [5, 5.41) is 2.89. The Bertz CT molecular complexity index is 769. The summed E-state index contributed by atoms with van der Waals surface area (Å²) < 4.78 is 6.98. The van der Waals surface area contributed by atoms with Crippen molar-refractivity contribution in [2.75, 3.05) is 12.4 Å². The Morgan fingerprint density at radius 1 is 1.19 bits per heavy atom. The first-order valence-corrected chi connectivity index (χ1v) is 7.83. The molecule has 3 nitrogen and oxygen atoms in total. The van der Waals surface area contributed by atoms with Crippen LogP contribution < -0.4 is 10.1 Å². The molecule has 0 unspecified atom stereocenters. The van der Waals surface area contributed by atoms with Crippen molar-refractivity contribution in [1.29, 1.82) is 0 Å². The second kappa shape index (κ2) is 5.66. The average molecular weight is 409 g/mol. The molecule has 2 aromatic rings. The molecule has 0 aliphatic carbocycles. The lowest BCUT2D eigenvalue weighted by molar-refractivity contribution is -0.110. The first-order valence-electron chi connectivity index (χ1n) is 6.25. The van der Waals surface area contributed by atoms with E-state index in [0.29, 0.717) is 5.57 Å². The van der Waals surface area contributed by atoms with E-state index >= 15 is 0 Å². The zero-order valence-electron chi connectivity index (χ0n) is 11.1. The van der Waals surface area contributed by atoms with Crippen molar-refractivity contribution in [2.45, 2.75) is 0 Å². The fourth-order valence-electron chi connectivity index (χ4n) is 2.26. The lowest BCUT2D eigenvalue weighted by atomic mass is 10.0. The Kier molecular flexibility index (Phi) is 3.87. The number of anilines is 1. The molecule has 0 spiro atoms. The van der Waals surface area contributed by atoms with Gasteiger partial charge in [0.25, 0.3) is 5.91 Å². The van der Waals surface area contributed by atoms with Gasteiger partial charge in [-0.15, -0.1) is 0 Å². The number of fused-ring (bicyclic) bond motifs is 1. The molecule has 1 aliphatic heterocycles. The van der Waals surface area contributed by atoms with Gasteiger partial charge in [0.2, 0.25) is 0 Å². The molecular formula is C16H11Br2NO2. The number of hydrogen-bond donors (Lipinski definition) is 1. The van der Waals surface area contributed by atoms with Gasteiger partial charge in [-0.25, -0.2) is 0 Å². The van der Waals surface area contributed by atoms with Crippen molar-refractivity contribution in [3.63, 3.8) is 0 Å². The highest BCUT2D eigenvalue weighted by atomic mass is 79.9. The van der Waals surface area contributed by atoms with E-state index < -0.39 is 0 Å². The van der Waals surface area contributed by atoms with Gasteiger partial charge in [0.05, 0.1) is 12.8 Å². The largest absolute Gasteiger partial charge is 0.497 e. The summed E-state index contributed by atoms with van der Waals surface area (Å²) in [6.45, 7) is 0. The summed E-state index contributed by atoms with van der Waals surface area (Å²) in [5.74, 6) is 0.657. The van der Waals surface area contributed by atoms with Crippen LogP contribution in [-0.4, -0.2) is 13.0 Å². The Morgan fingerprint density at radius 2 is 2.00 bits per heavy atom. The minimum atomic E-state index is -0.105. The van der Waals surface area contributed by atoms with Crippen LogP contribution in [0.2, 0.25) is 0 Å². The summed E-state index contributed by atoms with van der Waals surface area (Å²) in [5.41, 5.74) is 3.24. The van der Waals surface area contributed by atoms with Crippen LogP contribution in [0, 0.1) is 0 Å².